The summed E-state index contributed by atoms with van der Waals surface area (Å²) in [4.78, 5) is 6.70. The van der Waals surface area contributed by atoms with Gasteiger partial charge in [0, 0.05) is 19.1 Å². The van der Waals surface area contributed by atoms with Crippen molar-refractivity contribution in [2.24, 2.45) is 5.92 Å². The van der Waals surface area contributed by atoms with Crippen molar-refractivity contribution in [1.29, 1.82) is 5.26 Å². The second-order valence-corrected chi connectivity index (χ2v) is 5.52. The smallest absolute Gasteiger partial charge is 0.142 e. The van der Waals surface area contributed by atoms with Gasteiger partial charge in [-0.15, -0.1) is 0 Å². The van der Waals surface area contributed by atoms with Crippen molar-refractivity contribution in [3.05, 3.63) is 23.9 Å². The third kappa shape index (κ3) is 2.71. The highest BCUT2D eigenvalue weighted by molar-refractivity contribution is 5.41. The Morgan fingerprint density at radius 2 is 2.11 bits per heavy atom. The molecule has 2 saturated heterocycles. The van der Waals surface area contributed by atoms with Crippen LogP contribution in [0.5, 0.6) is 0 Å². The number of hydrogen-bond donors (Lipinski definition) is 1. The highest BCUT2D eigenvalue weighted by Crippen LogP contribution is 2.27. The molecule has 3 rings (SSSR count). The maximum Gasteiger partial charge on any atom is 0.142 e. The molecule has 1 aromatic rings. The Bertz CT molecular complexity index is 465. The molecule has 0 radical (unpaired) electrons. The standard InChI is InChI=1S/C15H20N4/c16-11-13-3-1-5-15(18-13)19-9-6-12(7-10-19)14-4-2-8-17-14/h1,3,5,12,14,17H,2,4,6-10H2. The summed E-state index contributed by atoms with van der Waals surface area (Å²) in [5, 5.41) is 12.5. The Morgan fingerprint density at radius 1 is 1.26 bits per heavy atom. The lowest BCUT2D eigenvalue weighted by atomic mass is 9.88. The van der Waals surface area contributed by atoms with Crippen molar-refractivity contribution in [2.45, 2.75) is 31.7 Å². The van der Waals surface area contributed by atoms with Gasteiger partial charge < -0.3 is 10.2 Å². The molecule has 4 nitrogen and oxygen atoms in total. The summed E-state index contributed by atoms with van der Waals surface area (Å²) < 4.78 is 0. The predicted octanol–water partition coefficient (Wildman–Crippen LogP) is 1.92. The van der Waals surface area contributed by atoms with Crippen molar-refractivity contribution in [3.8, 4) is 6.07 Å². The molecule has 2 fully saturated rings. The van der Waals surface area contributed by atoms with Crippen LogP contribution in [0, 0.1) is 17.2 Å². The number of nitrogens with zero attached hydrogens (tertiary/aromatic N) is 3. The maximum absolute atomic E-state index is 8.91. The van der Waals surface area contributed by atoms with Gasteiger partial charge in [-0.3, -0.25) is 0 Å². The number of hydrogen-bond acceptors (Lipinski definition) is 4. The Balaban J connectivity index is 1.61. The van der Waals surface area contributed by atoms with Gasteiger partial charge >= 0.3 is 0 Å². The lowest BCUT2D eigenvalue weighted by Gasteiger charge is -2.35. The molecule has 2 aliphatic heterocycles. The first kappa shape index (κ1) is 12.4. The van der Waals surface area contributed by atoms with E-state index >= 15 is 0 Å². The summed E-state index contributed by atoms with van der Waals surface area (Å²) in [6.45, 7) is 3.31. The molecule has 0 spiro atoms. The van der Waals surface area contributed by atoms with Gasteiger partial charge in [0.1, 0.15) is 17.6 Å². The van der Waals surface area contributed by atoms with Crippen LogP contribution < -0.4 is 10.2 Å². The van der Waals surface area contributed by atoms with Gasteiger partial charge in [0.05, 0.1) is 0 Å². The van der Waals surface area contributed by atoms with E-state index in [0.29, 0.717) is 5.69 Å². The summed E-state index contributed by atoms with van der Waals surface area (Å²) >= 11 is 0. The van der Waals surface area contributed by atoms with E-state index in [9.17, 15) is 0 Å². The van der Waals surface area contributed by atoms with E-state index in [-0.39, 0.29) is 0 Å². The van der Waals surface area contributed by atoms with E-state index in [1.165, 1.54) is 32.2 Å². The number of anilines is 1. The van der Waals surface area contributed by atoms with Crippen molar-refractivity contribution in [3.63, 3.8) is 0 Å². The van der Waals surface area contributed by atoms with Gasteiger partial charge in [0.25, 0.3) is 0 Å². The monoisotopic (exact) mass is 256 g/mol. The molecule has 2 aliphatic rings. The lowest BCUT2D eigenvalue weighted by Crippen LogP contribution is -2.41. The number of pyridine rings is 1. The molecule has 0 aromatic carbocycles. The quantitative estimate of drug-likeness (QED) is 0.878. The minimum atomic E-state index is 0.511. The molecular weight excluding hydrogens is 236 g/mol. The van der Waals surface area contributed by atoms with Gasteiger partial charge in [-0.1, -0.05) is 6.07 Å². The van der Waals surface area contributed by atoms with Crippen molar-refractivity contribution >= 4 is 5.82 Å². The predicted molar refractivity (Wildman–Crippen MR) is 74.9 cm³/mol. The molecule has 19 heavy (non-hydrogen) atoms. The minimum Gasteiger partial charge on any atom is -0.357 e. The Hall–Kier alpha value is -1.60. The van der Waals surface area contributed by atoms with Crippen LogP contribution in [0.4, 0.5) is 5.82 Å². The molecule has 1 aromatic heterocycles. The molecular formula is C15H20N4. The maximum atomic E-state index is 8.91. The zero-order valence-corrected chi connectivity index (χ0v) is 11.2. The van der Waals surface area contributed by atoms with E-state index in [2.05, 4.69) is 21.3 Å². The highest BCUT2D eigenvalue weighted by Gasteiger charge is 2.28. The van der Waals surface area contributed by atoms with Crippen LogP contribution in [0.2, 0.25) is 0 Å². The Labute approximate surface area is 114 Å². The first-order chi connectivity index (χ1) is 9.36. The van der Waals surface area contributed by atoms with E-state index in [4.69, 9.17) is 5.26 Å². The van der Waals surface area contributed by atoms with Crippen LogP contribution in [0.25, 0.3) is 0 Å². The Morgan fingerprint density at radius 3 is 2.79 bits per heavy atom. The van der Waals surface area contributed by atoms with E-state index < -0.39 is 0 Å². The SMILES string of the molecule is N#Cc1cccc(N2CCC(C3CCCN3)CC2)n1. The molecule has 0 aliphatic carbocycles. The second kappa shape index (κ2) is 5.58. The van der Waals surface area contributed by atoms with E-state index in [1.54, 1.807) is 6.07 Å². The average Bonchev–Trinajstić information content (AvgIpc) is 3.02. The first-order valence-corrected chi connectivity index (χ1v) is 7.22. The zero-order chi connectivity index (χ0) is 13.1. The van der Waals surface area contributed by atoms with Crippen LogP contribution in [0.1, 0.15) is 31.4 Å². The molecule has 0 bridgehead atoms. The fourth-order valence-corrected chi connectivity index (χ4v) is 3.31. The normalized spacial score (nSPS) is 24.4. The molecule has 1 atom stereocenters. The highest BCUT2D eigenvalue weighted by atomic mass is 15.2. The van der Waals surface area contributed by atoms with Crippen molar-refractivity contribution in [2.75, 3.05) is 24.5 Å². The van der Waals surface area contributed by atoms with E-state index in [0.717, 1.165) is 30.9 Å². The van der Waals surface area contributed by atoms with Crippen LogP contribution in [-0.4, -0.2) is 30.7 Å². The van der Waals surface area contributed by atoms with E-state index in [1.807, 2.05) is 12.1 Å². The van der Waals surface area contributed by atoms with Gasteiger partial charge in [-0.2, -0.15) is 5.26 Å². The molecule has 4 heteroatoms. The minimum absolute atomic E-state index is 0.511. The average molecular weight is 256 g/mol. The molecule has 0 amide bonds. The summed E-state index contributed by atoms with van der Waals surface area (Å²) in [6, 6.07) is 8.54. The van der Waals surface area contributed by atoms with Gasteiger partial charge in [0.2, 0.25) is 0 Å². The summed E-state index contributed by atoms with van der Waals surface area (Å²) in [5.41, 5.74) is 0.511. The van der Waals surface area contributed by atoms with Crippen LogP contribution in [-0.2, 0) is 0 Å². The molecule has 0 saturated carbocycles. The fraction of sp³-hybridized carbons (Fsp3) is 0.600. The molecule has 1 N–H and O–H groups in total. The summed E-state index contributed by atoms with van der Waals surface area (Å²) in [5.74, 6) is 1.77. The topological polar surface area (TPSA) is 52.0 Å². The molecule has 100 valence electrons. The van der Waals surface area contributed by atoms with Crippen molar-refractivity contribution < 1.29 is 0 Å². The number of nitriles is 1. The van der Waals surface area contributed by atoms with Gasteiger partial charge in [0.15, 0.2) is 0 Å². The molecule has 1 unspecified atom stereocenters. The van der Waals surface area contributed by atoms with Gasteiger partial charge in [-0.25, -0.2) is 4.98 Å². The zero-order valence-electron chi connectivity index (χ0n) is 11.2. The summed E-state index contributed by atoms with van der Waals surface area (Å²) in [6.07, 6.45) is 5.13. The lowest BCUT2D eigenvalue weighted by molar-refractivity contribution is 0.318. The van der Waals surface area contributed by atoms with Crippen LogP contribution in [0.3, 0.4) is 0 Å². The number of rotatable bonds is 2. The number of aromatic nitrogens is 1. The third-order valence-corrected chi connectivity index (χ3v) is 4.38. The largest absolute Gasteiger partial charge is 0.357 e. The fourth-order valence-electron chi connectivity index (χ4n) is 3.31. The third-order valence-electron chi connectivity index (χ3n) is 4.38. The van der Waals surface area contributed by atoms with Crippen LogP contribution in [0.15, 0.2) is 18.2 Å². The Kier molecular flexibility index (Phi) is 3.65. The first-order valence-electron chi connectivity index (χ1n) is 7.22. The number of nitrogens with one attached hydrogen (secondary N) is 1. The number of piperidine rings is 1. The van der Waals surface area contributed by atoms with Crippen molar-refractivity contribution in [1.82, 2.24) is 10.3 Å². The second-order valence-electron chi connectivity index (χ2n) is 5.52. The van der Waals surface area contributed by atoms with Gasteiger partial charge in [-0.05, 0) is 50.3 Å². The molecule has 3 heterocycles. The summed E-state index contributed by atoms with van der Waals surface area (Å²) in [7, 11) is 0. The van der Waals surface area contributed by atoms with Crippen LogP contribution >= 0.6 is 0 Å².